The molecule has 0 bridgehead atoms. The van der Waals surface area contributed by atoms with Crippen molar-refractivity contribution in [2.45, 2.75) is 18.7 Å². The number of nitrogens with zero attached hydrogens (tertiary/aromatic N) is 2. The lowest BCUT2D eigenvalue weighted by molar-refractivity contribution is -0.140. The van der Waals surface area contributed by atoms with Crippen LogP contribution in [0.3, 0.4) is 0 Å². The van der Waals surface area contributed by atoms with Crippen molar-refractivity contribution in [3.05, 3.63) is 64.7 Å². The Hall–Kier alpha value is -2.31. The fourth-order valence-corrected chi connectivity index (χ4v) is 3.97. The van der Waals surface area contributed by atoms with Gasteiger partial charge in [0, 0.05) is 16.5 Å². The number of thioether (sulfide) groups is 1. The van der Waals surface area contributed by atoms with Crippen LogP contribution in [0.4, 0.5) is 0 Å². The number of ether oxygens (including phenoxy) is 1. The van der Waals surface area contributed by atoms with E-state index < -0.39 is 17.9 Å². The number of hydrogen-bond acceptors (Lipinski definition) is 5. The Bertz CT molecular complexity index is 896. The molecule has 2 atom stereocenters. The molecule has 0 radical (unpaired) electrons. The Balaban J connectivity index is 1.83. The highest BCUT2D eigenvalue weighted by Crippen LogP contribution is 2.34. The van der Waals surface area contributed by atoms with Gasteiger partial charge in [0.15, 0.2) is 5.17 Å². The van der Waals surface area contributed by atoms with Crippen molar-refractivity contribution in [2.75, 3.05) is 7.11 Å². The topological polar surface area (TPSA) is 71.2 Å². The molecule has 0 saturated carbocycles. The summed E-state index contributed by atoms with van der Waals surface area (Å²) in [6.45, 7) is 1.74. The lowest BCUT2D eigenvalue weighted by atomic mass is 9.89. The van der Waals surface area contributed by atoms with Crippen molar-refractivity contribution >= 4 is 40.2 Å². The minimum atomic E-state index is -0.941. The molecule has 2 unspecified atom stereocenters. The second-order valence-electron chi connectivity index (χ2n) is 6.12. The molecule has 140 valence electrons. The highest BCUT2D eigenvalue weighted by molar-refractivity contribution is 8.13. The number of halogens is 1. The molecule has 5 nitrogen and oxygen atoms in total. The first kappa shape index (κ1) is 19.5. The summed E-state index contributed by atoms with van der Waals surface area (Å²) < 4.78 is 5.17. The normalized spacial score (nSPS) is 19.2. The predicted molar refractivity (Wildman–Crippen MR) is 110 cm³/mol. The van der Waals surface area contributed by atoms with Gasteiger partial charge < -0.3 is 9.84 Å². The van der Waals surface area contributed by atoms with E-state index in [1.54, 1.807) is 32.2 Å². The van der Waals surface area contributed by atoms with Crippen molar-refractivity contribution in [1.29, 1.82) is 0 Å². The zero-order chi connectivity index (χ0) is 19.4. The molecule has 1 heterocycles. The number of aliphatic imine (C=N–C) groups is 2. The summed E-state index contributed by atoms with van der Waals surface area (Å²) in [6.07, 6.45) is 0. The zero-order valence-corrected chi connectivity index (χ0v) is 16.5. The third-order valence-electron chi connectivity index (χ3n) is 4.27. The smallest absolute Gasteiger partial charge is 0.314 e. The van der Waals surface area contributed by atoms with E-state index in [2.05, 4.69) is 9.98 Å². The largest absolute Gasteiger partial charge is 0.497 e. The standard InChI is InChI=1S/C20H19ClN2O3S/c1-12-17(19(24)25)18(14-4-3-5-15(21)10-14)23-20(22-12)27-11-13-6-8-16(26-2)9-7-13/h3-10,17-18H,11H2,1-2H3,(H,24,25). The Morgan fingerprint density at radius 2 is 2.00 bits per heavy atom. The fourth-order valence-electron chi connectivity index (χ4n) is 2.88. The number of benzene rings is 2. The van der Waals surface area contributed by atoms with Crippen LogP contribution in [-0.2, 0) is 10.5 Å². The summed E-state index contributed by atoms with van der Waals surface area (Å²) in [5.74, 6) is -0.254. The second-order valence-corrected chi connectivity index (χ2v) is 7.50. The molecule has 0 spiro atoms. The summed E-state index contributed by atoms with van der Waals surface area (Å²) >= 11 is 7.57. The molecule has 1 N–H and O–H groups in total. The average molecular weight is 403 g/mol. The molecule has 0 aliphatic carbocycles. The molecule has 3 rings (SSSR count). The van der Waals surface area contributed by atoms with Gasteiger partial charge in [0.05, 0.1) is 13.2 Å². The van der Waals surface area contributed by atoms with E-state index in [9.17, 15) is 9.90 Å². The van der Waals surface area contributed by atoms with Crippen LogP contribution in [0.25, 0.3) is 0 Å². The monoisotopic (exact) mass is 402 g/mol. The van der Waals surface area contributed by atoms with Crippen molar-refractivity contribution < 1.29 is 14.6 Å². The molecule has 7 heteroatoms. The molecule has 0 aromatic heterocycles. The maximum absolute atomic E-state index is 11.8. The van der Waals surface area contributed by atoms with E-state index in [-0.39, 0.29) is 0 Å². The molecule has 1 aliphatic rings. The van der Waals surface area contributed by atoms with Gasteiger partial charge in [-0.15, -0.1) is 0 Å². The molecule has 0 amide bonds. The minimum Gasteiger partial charge on any atom is -0.497 e. The summed E-state index contributed by atoms with van der Waals surface area (Å²) in [7, 11) is 1.63. The Morgan fingerprint density at radius 1 is 1.26 bits per heavy atom. The minimum absolute atomic E-state index is 0.541. The Kier molecular flexibility index (Phi) is 6.19. The molecule has 0 fully saturated rings. The first-order chi connectivity index (χ1) is 13.0. The number of carboxylic acid groups (broad SMARTS) is 1. The molecule has 0 saturated heterocycles. The van der Waals surface area contributed by atoms with Gasteiger partial charge in [0.1, 0.15) is 11.7 Å². The lowest BCUT2D eigenvalue weighted by Crippen LogP contribution is -2.31. The predicted octanol–water partition coefficient (Wildman–Crippen LogP) is 4.85. The van der Waals surface area contributed by atoms with Gasteiger partial charge in [0.25, 0.3) is 0 Å². The van der Waals surface area contributed by atoms with Gasteiger partial charge in [-0.2, -0.15) is 0 Å². The van der Waals surface area contributed by atoms with Crippen LogP contribution in [0.15, 0.2) is 58.5 Å². The quantitative estimate of drug-likeness (QED) is 0.775. The van der Waals surface area contributed by atoms with Crippen LogP contribution in [0.1, 0.15) is 24.1 Å². The third-order valence-corrected chi connectivity index (χ3v) is 5.44. The number of carboxylic acids is 1. The van der Waals surface area contributed by atoms with E-state index in [1.165, 1.54) is 11.8 Å². The maximum atomic E-state index is 11.8. The van der Waals surface area contributed by atoms with Crippen LogP contribution < -0.4 is 4.74 Å². The van der Waals surface area contributed by atoms with Crippen LogP contribution in [0, 0.1) is 5.92 Å². The Labute approximate surface area is 167 Å². The molecule has 2 aromatic rings. The molecule has 27 heavy (non-hydrogen) atoms. The van der Waals surface area contributed by atoms with Crippen molar-refractivity contribution in [3.63, 3.8) is 0 Å². The number of methoxy groups -OCH3 is 1. The number of aliphatic carboxylic acids is 1. The van der Waals surface area contributed by atoms with Crippen LogP contribution in [0.2, 0.25) is 5.02 Å². The molecular weight excluding hydrogens is 384 g/mol. The zero-order valence-electron chi connectivity index (χ0n) is 14.9. The SMILES string of the molecule is COc1ccc(CSC2=NC(c3cccc(Cl)c3)C(C(=O)O)C(C)=N2)cc1. The van der Waals surface area contributed by atoms with Gasteiger partial charge in [-0.1, -0.05) is 47.6 Å². The number of rotatable bonds is 5. The summed E-state index contributed by atoms with van der Waals surface area (Å²) in [5, 5.41) is 10.8. The van der Waals surface area contributed by atoms with Crippen LogP contribution in [-0.4, -0.2) is 29.1 Å². The number of hydrogen-bond donors (Lipinski definition) is 1. The summed E-state index contributed by atoms with van der Waals surface area (Å²) in [5.41, 5.74) is 2.42. The average Bonchev–Trinajstić information content (AvgIpc) is 2.66. The van der Waals surface area contributed by atoms with E-state index in [1.807, 2.05) is 30.3 Å². The van der Waals surface area contributed by atoms with Crippen molar-refractivity contribution in [1.82, 2.24) is 0 Å². The molecule has 1 aliphatic heterocycles. The van der Waals surface area contributed by atoms with Gasteiger partial charge in [0.2, 0.25) is 0 Å². The van der Waals surface area contributed by atoms with E-state index in [0.717, 1.165) is 16.9 Å². The molecular formula is C20H19ClN2O3S. The van der Waals surface area contributed by atoms with Crippen molar-refractivity contribution in [3.8, 4) is 5.75 Å². The Morgan fingerprint density at radius 3 is 2.63 bits per heavy atom. The van der Waals surface area contributed by atoms with E-state index in [0.29, 0.717) is 21.7 Å². The van der Waals surface area contributed by atoms with E-state index >= 15 is 0 Å². The maximum Gasteiger partial charge on any atom is 0.314 e. The van der Waals surface area contributed by atoms with Crippen LogP contribution in [0.5, 0.6) is 5.75 Å². The van der Waals surface area contributed by atoms with Gasteiger partial charge in [-0.05, 0) is 42.3 Å². The highest BCUT2D eigenvalue weighted by Gasteiger charge is 2.35. The third kappa shape index (κ3) is 4.70. The van der Waals surface area contributed by atoms with Gasteiger partial charge in [-0.3, -0.25) is 9.79 Å². The van der Waals surface area contributed by atoms with Crippen LogP contribution >= 0.6 is 23.4 Å². The van der Waals surface area contributed by atoms with Crippen molar-refractivity contribution in [2.24, 2.45) is 15.9 Å². The number of amidine groups is 1. The van der Waals surface area contributed by atoms with Gasteiger partial charge in [-0.25, -0.2) is 4.99 Å². The van der Waals surface area contributed by atoms with Gasteiger partial charge >= 0.3 is 5.97 Å². The fraction of sp³-hybridized carbons (Fsp3) is 0.250. The highest BCUT2D eigenvalue weighted by atomic mass is 35.5. The van der Waals surface area contributed by atoms with E-state index in [4.69, 9.17) is 16.3 Å². The first-order valence-corrected chi connectivity index (χ1v) is 9.71. The number of carbonyl (C=O) groups is 1. The second kappa shape index (κ2) is 8.59. The molecule has 2 aromatic carbocycles. The summed E-state index contributed by atoms with van der Waals surface area (Å²) in [6, 6.07) is 14.4. The lowest BCUT2D eigenvalue weighted by Gasteiger charge is -2.25. The first-order valence-electron chi connectivity index (χ1n) is 8.35. The summed E-state index contributed by atoms with van der Waals surface area (Å²) in [4.78, 5) is 20.8.